The van der Waals surface area contributed by atoms with Crippen LogP contribution in [0.3, 0.4) is 0 Å². The summed E-state index contributed by atoms with van der Waals surface area (Å²) in [5.41, 5.74) is 2.33. The number of rotatable bonds is 6. The van der Waals surface area contributed by atoms with Crippen LogP contribution in [0.25, 0.3) is 0 Å². The highest BCUT2D eigenvalue weighted by Gasteiger charge is 2.32. The predicted molar refractivity (Wildman–Crippen MR) is 113 cm³/mol. The molecule has 0 spiro atoms. The molecule has 0 fully saturated rings. The Kier molecular flexibility index (Phi) is 6.27. The molecule has 1 atom stereocenters. The number of amides is 1. The van der Waals surface area contributed by atoms with Crippen molar-refractivity contribution in [3.05, 3.63) is 51.2 Å². The van der Waals surface area contributed by atoms with Gasteiger partial charge in [-0.25, -0.2) is 8.42 Å². The summed E-state index contributed by atoms with van der Waals surface area (Å²) < 4.78 is 27.5. The molecule has 0 aliphatic carbocycles. The van der Waals surface area contributed by atoms with Crippen LogP contribution >= 0.6 is 11.3 Å². The normalized spacial score (nSPS) is 17.0. The summed E-state index contributed by atoms with van der Waals surface area (Å²) in [4.78, 5) is 16.8. The lowest BCUT2D eigenvalue weighted by Crippen LogP contribution is -2.39. The van der Waals surface area contributed by atoms with Gasteiger partial charge >= 0.3 is 0 Å². The minimum Gasteiger partial charge on any atom is -0.331 e. The van der Waals surface area contributed by atoms with Crippen LogP contribution in [0.1, 0.15) is 59.6 Å². The van der Waals surface area contributed by atoms with Crippen LogP contribution in [0.15, 0.2) is 34.5 Å². The van der Waals surface area contributed by atoms with E-state index in [9.17, 15) is 13.2 Å². The summed E-state index contributed by atoms with van der Waals surface area (Å²) in [6, 6.07) is 7.20. The van der Waals surface area contributed by atoms with E-state index in [2.05, 4.69) is 18.4 Å². The lowest BCUT2D eigenvalue weighted by Gasteiger charge is -2.35. The summed E-state index contributed by atoms with van der Waals surface area (Å²) in [5.74, 6) is -0.0975. The summed E-state index contributed by atoms with van der Waals surface area (Å²) >= 11 is 1.75. The van der Waals surface area contributed by atoms with Gasteiger partial charge < -0.3 is 4.90 Å². The molecular weight excluding hydrogens is 392 g/mol. The van der Waals surface area contributed by atoms with Crippen molar-refractivity contribution < 1.29 is 13.2 Å². The maximum Gasteiger partial charge on any atom is 0.254 e. The number of fused-ring (bicyclic) bond motifs is 1. The van der Waals surface area contributed by atoms with Crippen LogP contribution in [0, 0.1) is 6.92 Å². The Morgan fingerprint density at radius 1 is 1.21 bits per heavy atom. The third-order valence-corrected chi connectivity index (χ3v) is 8.69. The van der Waals surface area contributed by atoms with Crippen LogP contribution in [-0.4, -0.2) is 43.2 Å². The Morgan fingerprint density at radius 3 is 2.57 bits per heavy atom. The molecule has 1 unspecified atom stereocenters. The van der Waals surface area contributed by atoms with Crippen LogP contribution in [0.5, 0.6) is 0 Å². The number of carbonyl (C=O) groups is 1. The first-order valence-corrected chi connectivity index (χ1v) is 12.1. The molecule has 1 aliphatic rings. The minimum atomic E-state index is -3.61. The van der Waals surface area contributed by atoms with E-state index in [4.69, 9.17) is 0 Å². The molecule has 28 heavy (non-hydrogen) atoms. The van der Waals surface area contributed by atoms with Gasteiger partial charge in [0, 0.05) is 30.1 Å². The third-order valence-electron chi connectivity index (χ3n) is 5.50. The van der Waals surface area contributed by atoms with Crippen molar-refractivity contribution in [1.29, 1.82) is 0 Å². The second-order valence-electron chi connectivity index (χ2n) is 7.04. The van der Waals surface area contributed by atoms with E-state index in [1.807, 2.05) is 18.7 Å². The molecule has 3 rings (SSSR count). The molecule has 7 heteroatoms. The van der Waals surface area contributed by atoms with Crippen molar-refractivity contribution in [3.8, 4) is 0 Å². The topological polar surface area (TPSA) is 57.7 Å². The maximum absolute atomic E-state index is 13.3. The zero-order chi connectivity index (χ0) is 20.5. The fraction of sp³-hybridized carbons (Fsp3) is 0.476. The van der Waals surface area contributed by atoms with E-state index in [0.717, 1.165) is 12.8 Å². The molecule has 0 N–H and O–H groups in total. The maximum atomic E-state index is 13.3. The van der Waals surface area contributed by atoms with Crippen molar-refractivity contribution in [2.45, 2.75) is 51.5 Å². The average Bonchev–Trinajstić information content (AvgIpc) is 3.16. The predicted octanol–water partition coefficient (Wildman–Crippen LogP) is 4.24. The van der Waals surface area contributed by atoms with E-state index >= 15 is 0 Å². The zero-order valence-electron chi connectivity index (χ0n) is 16.9. The Hall–Kier alpha value is -1.70. The molecule has 1 aliphatic heterocycles. The van der Waals surface area contributed by atoms with Gasteiger partial charge in [-0.15, -0.1) is 11.3 Å². The summed E-state index contributed by atoms with van der Waals surface area (Å²) in [6.07, 6.45) is 1.69. The van der Waals surface area contributed by atoms with Gasteiger partial charge in [0.1, 0.15) is 0 Å². The van der Waals surface area contributed by atoms with Crippen LogP contribution in [0.2, 0.25) is 0 Å². The van der Waals surface area contributed by atoms with Gasteiger partial charge in [-0.2, -0.15) is 4.31 Å². The molecule has 2 heterocycles. The largest absolute Gasteiger partial charge is 0.331 e. The molecule has 2 aromatic rings. The third kappa shape index (κ3) is 3.63. The quantitative estimate of drug-likeness (QED) is 0.702. The average molecular weight is 421 g/mol. The van der Waals surface area contributed by atoms with Crippen molar-refractivity contribution in [2.24, 2.45) is 0 Å². The number of hydrogen-bond acceptors (Lipinski definition) is 4. The van der Waals surface area contributed by atoms with Crippen molar-refractivity contribution >= 4 is 27.3 Å². The number of sulfonamides is 1. The monoisotopic (exact) mass is 420 g/mol. The summed E-state index contributed by atoms with van der Waals surface area (Å²) in [5, 5.41) is 2.09. The van der Waals surface area contributed by atoms with E-state index < -0.39 is 10.0 Å². The molecule has 0 radical (unpaired) electrons. The smallest absolute Gasteiger partial charge is 0.254 e. The van der Waals surface area contributed by atoms with E-state index in [1.54, 1.807) is 36.5 Å². The van der Waals surface area contributed by atoms with Crippen molar-refractivity contribution in [1.82, 2.24) is 9.21 Å². The highest BCUT2D eigenvalue weighted by Crippen LogP contribution is 2.36. The van der Waals surface area contributed by atoms with Gasteiger partial charge in [0.05, 0.1) is 10.9 Å². The van der Waals surface area contributed by atoms with Gasteiger partial charge in [0.2, 0.25) is 10.0 Å². The highest BCUT2D eigenvalue weighted by atomic mass is 32.2. The minimum absolute atomic E-state index is 0.0478. The van der Waals surface area contributed by atoms with Gasteiger partial charge in [-0.1, -0.05) is 26.8 Å². The molecule has 0 bridgehead atoms. The fourth-order valence-corrected chi connectivity index (χ4v) is 6.60. The van der Waals surface area contributed by atoms with Gasteiger partial charge in [-0.05, 0) is 54.5 Å². The van der Waals surface area contributed by atoms with Gasteiger partial charge in [0.15, 0.2) is 0 Å². The van der Waals surface area contributed by atoms with Crippen molar-refractivity contribution in [3.63, 3.8) is 0 Å². The Bertz CT molecular complexity index is 962. The number of nitrogens with zero attached hydrogens (tertiary/aromatic N) is 2. The Morgan fingerprint density at radius 2 is 1.93 bits per heavy atom. The van der Waals surface area contributed by atoms with Gasteiger partial charge in [-0.3, -0.25) is 4.79 Å². The van der Waals surface area contributed by atoms with E-state index in [0.29, 0.717) is 30.8 Å². The number of thiophene rings is 1. The molecule has 1 aromatic carbocycles. The lowest BCUT2D eigenvalue weighted by atomic mass is 9.96. The molecule has 152 valence electrons. The second-order valence-corrected chi connectivity index (χ2v) is 9.95. The highest BCUT2D eigenvalue weighted by molar-refractivity contribution is 7.89. The number of benzene rings is 1. The molecule has 0 saturated heterocycles. The first kappa shape index (κ1) is 21.0. The first-order chi connectivity index (χ1) is 13.3. The molecule has 5 nitrogen and oxygen atoms in total. The SMILES string of the molecule is CCC1c2ccsc2CCN1C(=O)c1ccc(C)c(S(=O)(=O)N(CC)CC)c1. The standard InChI is InChI=1S/C21H28N2O3S2/c1-5-18-17-11-13-27-19(17)10-12-23(18)21(24)16-9-8-15(4)20(14-16)28(25,26)22(6-2)7-3/h8-9,11,13-14,18H,5-7,10,12H2,1-4H3. The van der Waals surface area contributed by atoms with Gasteiger partial charge in [0.25, 0.3) is 5.91 Å². The molecular formula is C21H28N2O3S2. The van der Waals surface area contributed by atoms with Crippen LogP contribution < -0.4 is 0 Å². The van der Waals surface area contributed by atoms with E-state index in [-0.39, 0.29) is 16.8 Å². The molecule has 0 saturated carbocycles. The second kappa shape index (κ2) is 8.35. The summed E-state index contributed by atoms with van der Waals surface area (Å²) in [7, 11) is -3.61. The Balaban J connectivity index is 1.98. The number of aryl methyl sites for hydroxylation is 1. The van der Waals surface area contributed by atoms with Crippen LogP contribution in [0.4, 0.5) is 0 Å². The number of hydrogen-bond donors (Lipinski definition) is 0. The van der Waals surface area contributed by atoms with Crippen molar-refractivity contribution in [2.75, 3.05) is 19.6 Å². The first-order valence-electron chi connectivity index (χ1n) is 9.83. The molecule has 1 amide bonds. The summed E-state index contributed by atoms with van der Waals surface area (Å²) in [6.45, 7) is 8.98. The number of carbonyl (C=O) groups excluding carboxylic acids is 1. The Labute approximate surface area is 172 Å². The zero-order valence-corrected chi connectivity index (χ0v) is 18.6. The lowest BCUT2D eigenvalue weighted by molar-refractivity contribution is 0.0657. The fourth-order valence-electron chi connectivity index (χ4n) is 3.96. The van der Waals surface area contributed by atoms with Crippen LogP contribution in [-0.2, 0) is 16.4 Å². The van der Waals surface area contributed by atoms with E-state index in [1.165, 1.54) is 14.7 Å². The molecule has 1 aromatic heterocycles.